The zero-order valence-electron chi connectivity index (χ0n) is 12.6. The van der Waals surface area contributed by atoms with Gasteiger partial charge in [0.25, 0.3) is 0 Å². The lowest BCUT2D eigenvalue weighted by Gasteiger charge is -2.22. The molecule has 0 fully saturated rings. The molecule has 6 nitrogen and oxygen atoms in total. The predicted octanol–water partition coefficient (Wildman–Crippen LogP) is 2.62. The van der Waals surface area contributed by atoms with Crippen molar-refractivity contribution >= 4 is 12.1 Å². The maximum atomic E-state index is 13.6. The summed E-state index contributed by atoms with van der Waals surface area (Å²) in [6.07, 6.45) is -1.02. The van der Waals surface area contributed by atoms with Crippen molar-refractivity contribution in [3.8, 4) is 5.75 Å². The number of hydrogen-bond donors (Lipinski definition) is 2. The molecule has 1 aromatic carbocycles. The lowest BCUT2D eigenvalue weighted by atomic mass is 10.1. The van der Waals surface area contributed by atoms with Crippen LogP contribution in [0.25, 0.3) is 0 Å². The quantitative estimate of drug-likeness (QED) is 0.891. The van der Waals surface area contributed by atoms with E-state index in [1.54, 1.807) is 20.8 Å². The molecule has 8 heteroatoms. The number of carbonyl (C=O) groups excluding carboxylic acids is 1. The molecule has 0 radical (unpaired) electrons. The Morgan fingerprint density at radius 2 is 1.73 bits per heavy atom. The lowest BCUT2D eigenvalue weighted by molar-refractivity contribution is -0.139. The molecule has 1 atom stereocenters. The van der Waals surface area contributed by atoms with E-state index in [2.05, 4.69) is 4.74 Å². The topological polar surface area (TPSA) is 84.9 Å². The number of amides is 1. The molecule has 122 valence electrons. The van der Waals surface area contributed by atoms with Gasteiger partial charge in [-0.25, -0.2) is 18.4 Å². The molecular weight excluding hydrogens is 300 g/mol. The van der Waals surface area contributed by atoms with Gasteiger partial charge in [-0.3, -0.25) is 0 Å². The van der Waals surface area contributed by atoms with E-state index in [4.69, 9.17) is 9.84 Å². The summed E-state index contributed by atoms with van der Waals surface area (Å²) in [5, 5.41) is 11.2. The number of rotatable bonds is 4. The van der Waals surface area contributed by atoms with Crippen LogP contribution in [0.3, 0.4) is 0 Å². The Labute approximate surface area is 126 Å². The van der Waals surface area contributed by atoms with Crippen LogP contribution >= 0.6 is 0 Å². The van der Waals surface area contributed by atoms with Crippen LogP contribution in [0.15, 0.2) is 12.1 Å². The van der Waals surface area contributed by atoms with Gasteiger partial charge < -0.3 is 19.9 Å². The Morgan fingerprint density at radius 1 is 1.23 bits per heavy atom. The molecule has 0 aliphatic rings. The Balaban J connectivity index is 3.07. The number of alkyl carbamates (subject to hydrolysis) is 1. The highest BCUT2D eigenvalue weighted by Crippen LogP contribution is 2.26. The van der Waals surface area contributed by atoms with Gasteiger partial charge in [-0.2, -0.15) is 0 Å². The van der Waals surface area contributed by atoms with Gasteiger partial charge in [-0.05, 0) is 38.5 Å². The van der Waals surface area contributed by atoms with Crippen molar-refractivity contribution in [1.29, 1.82) is 0 Å². The van der Waals surface area contributed by atoms with E-state index >= 15 is 0 Å². The van der Waals surface area contributed by atoms with Crippen LogP contribution in [0, 0.1) is 11.6 Å². The van der Waals surface area contributed by atoms with E-state index in [-0.39, 0.29) is 5.56 Å². The fourth-order valence-electron chi connectivity index (χ4n) is 1.65. The number of ether oxygens (including phenoxy) is 2. The monoisotopic (exact) mass is 317 g/mol. The maximum Gasteiger partial charge on any atom is 0.408 e. The molecule has 0 aromatic heterocycles. The number of aliphatic carboxylic acids is 1. The molecule has 0 heterocycles. The van der Waals surface area contributed by atoms with Crippen LogP contribution in [0.1, 0.15) is 32.4 Å². The number of hydrogen-bond acceptors (Lipinski definition) is 4. The van der Waals surface area contributed by atoms with Crippen LogP contribution in [-0.2, 0) is 9.53 Å². The number of nitrogens with one attached hydrogen (secondary N) is 1. The Morgan fingerprint density at radius 3 is 2.09 bits per heavy atom. The Hall–Kier alpha value is -2.38. The van der Waals surface area contributed by atoms with Crippen LogP contribution in [0.2, 0.25) is 0 Å². The number of halogens is 2. The number of methoxy groups -OCH3 is 1. The molecule has 1 unspecified atom stereocenters. The molecular formula is C14H17F2NO5. The van der Waals surface area contributed by atoms with Crippen LogP contribution in [0.4, 0.5) is 13.6 Å². The lowest BCUT2D eigenvalue weighted by Crippen LogP contribution is -2.38. The van der Waals surface area contributed by atoms with E-state index in [1.165, 1.54) is 0 Å². The first-order chi connectivity index (χ1) is 10.0. The van der Waals surface area contributed by atoms with Gasteiger partial charge in [-0.1, -0.05) is 0 Å². The summed E-state index contributed by atoms with van der Waals surface area (Å²) in [6.45, 7) is 4.78. The summed E-state index contributed by atoms with van der Waals surface area (Å²) in [7, 11) is 1.08. The van der Waals surface area contributed by atoms with E-state index in [9.17, 15) is 18.4 Å². The summed E-state index contributed by atoms with van der Waals surface area (Å²) in [5.41, 5.74) is -1.13. The molecule has 0 bridgehead atoms. The molecule has 0 spiro atoms. The number of carbonyl (C=O) groups is 2. The first kappa shape index (κ1) is 17.7. The molecule has 0 saturated heterocycles. The largest absolute Gasteiger partial charge is 0.491 e. The smallest absolute Gasteiger partial charge is 0.408 e. The molecule has 22 heavy (non-hydrogen) atoms. The minimum absolute atomic E-state index is 0.283. The third-order valence-electron chi connectivity index (χ3n) is 2.47. The standard InChI is InChI=1S/C14H17F2NO5/c1-14(2,3)22-13(20)17-10(12(18)19)7-5-8(15)11(21-4)9(16)6-7/h5-6,10H,1-4H3,(H,17,20)(H,18,19). The molecule has 0 aliphatic carbocycles. The van der Waals surface area contributed by atoms with Gasteiger partial charge in [0.15, 0.2) is 23.4 Å². The molecule has 0 aliphatic heterocycles. The molecule has 1 rings (SSSR count). The fourth-order valence-corrected chi connectivity index (χ4v) is 1.65. The number of benzene rings is 1. The Bertz CT molecular complexity index is 560. The molecule has 1 amide bonds. The summed E-state index contributed by atoms with van der Waals surface area (Å²) >= 11 is 0. The van der Waals surface area contributed by atoms with Crippen molar-refractivity contribution in [2.75, 3.05) is 7.11 Å². The molecule has 0 saturated carbocycles. The van der Waals surface area contributed by atoms with Crippen molar-refractivity contribution in [1.82, 2.24) is 5.32 Å². The van der Waals surface area contributed by atoms with Crippen molar-refractivity contribution in [3.05, 3.63) is 29.3 Å². The highest BCUT2D eigenvalue weighted by molar-refractivity contribution is 5.81. The first-order valence-electron chi connectivity index (χ1n) is 6.30. The summed E-state index contributed by atoms with van der Waals surface area (Å²) < 4.78 is 36.7. The minimum Gasteiger partial charge on any atom is -0.491 e. The fraction of sp³-hybridized carbons (Fsp3) is 0.429. The third-order valence-corrected chi connectivity index (χ3v) is 2.47. The van der Waals surface area contributed by atoms with Crippen molar-refractivity contribution in [2.24, 2.45) is 0 Å². The van der Waals surface area contributed by atoms with E-state index < -0.39 is 41.1 Å². The van der Waals surface area contributed by atoms with Crippen molar-refractivity contribution in [3.63, 3.8) is 0 Å². The SMILES string of the molecule is COc1c(F)cc(C(NC(=O)OC(C)(C)C)C(=O)O)cc1F. The predicted molar refractivity (Wildman–Crippen MR) is 72.7 cm³/mol. The average molecular weight is 317 g/mol. The second-order valence-corrected chi connectivity index (χ2v) is 5.44. The van der Waals surface area contributed by atoms with Gasteiger partial charge >= 0.3 is 12.1 Å². The summed E-state index contributed by atoms with van der Waals surface area (Å²) in [6, 6.07) is -0.111. The van der Waals surface area contributed by atoms with Gasteiger partial charge in [0.05, 0.1) is 7.11 Å². The van der Waals surface area contributed by atoms with Gasteiger partial charge in [0, 0.05) is 0 Å². The zero-order chi connectivity index (χ0) is 17.1. The average Bonchev–Trinajstić information content (AvgIpc) is 2.33. The zero-order valence-corrected chi connectivity index (χ0v) is 12.6. The highest BCUT2D eigenvalue weighted by Gasteiger charge is 2.27. The molecule has 1 aromatic rings. The maximum absolute atomic E-state index is 13.6. The van der Waals surface area contributed by atoms with Crippen molar-refractivity contribution in [2.45, 2.75) is 32.4 Å². The van der Waals surface area contributed by atoms with Crippen LogP contribution < -0.4 is 10.1 Å². The summed E-state index contributed by atoms with van der Waals surface area (Å²) in [5.74, 6) is -4.27. The van der Waals surface area contributed by atoms with Crippen LogP contribution in [-0.4, -0.2) is 29.9 Å². The van der Waals surface area contributed by atoms with Crippen molar-refractivity contribution < 1.29 is 33.0 Å². The second kappa shape index (κ2) is 6.59. The normalized spacial score (nSPS) is 12.5. The third kappa shape index (κ3) is 4.57. The van der Waals surface area contributed by atoms with E-state index in [1.807, 2.05) is 5.32 Å². The number of carboxylic acids is 1. The van der Waals surface area contributed by atoms with Gasteiger partial charge in [0.1, 0.15) is 5.60 Å². The summed E-state index contributed by atoms with van der Waals surface area (Å²) in [4.78, 5) is 22.9. The van der Waals surface area contributed by atoms with Gasteiger partial charge in [0.2, 0.25) is 0 Å². The Kier molecular flexibility index (Phi) is 5.29. The first-order valence-corrected chi connectivity index (χ1v) is 6.30. The van der Waals surface area contributed by atoms with Gasteiger partial charge in [-0.15, -0.1) is 0 Å². The minimum atomic E-state index is -1.66. The van der Waals surface area contributed by atoms with Crippen LogP contribution in [0.5, 0.6) is 5.75 Å². The van der Waals surface area contributed by atoms with E-state index in [0.29, 0.717) is 0 Å². The number of carboxylic acid groups (broad SMARTS) is 1. The molecule has 2 N–H and O–H groups in total. The second-order valence-electron chi connectivity index (χ2n) is 5.44. The highest BCUT2D eigenvalue weighted by atomic mass is 19.1. The van der Waals surface area contributed by atoms with E-state index in [0.717, 1.165) is 19.2 Å².